The molecule has 0 radical (unpaired) electrons. The summed E-state index contributed by atoms with van der Waals surface area (Å²) in [6.07, 6.45) is -1.34. The molecule has 0 saturated carbocycles. The summed E-state index contributed by atoms with van der Waals surface area (Å²) in [7, 11) is 0. The molecule has 1 fully saturated rings. The second-order valence-corrected chi connectivity index (χ2v) is 9.66. The third-order valence-corrected chi connectivity index (χ3v) is 4.86. The van der Waals surface area contributed by atoms with Gasteiger partial charge < -0.3 is 14.4 Å². The van der Waals surface area contributed by atoms with Crippen LogP contribution in [-0.4, -0.2) is 40.8 Å². The Kier molecular flexibility index (Phi) is 6.75. The lowest BCUT2D eigenvalue weighted by molar-refractivity contribution is -0.138. The van der Waals surface area contributed by atoms with Crippen LogP contribution < -0.4 is 4.74 Å². The second kappa shape index (κ2) is 8.40. The number of amides is 1. The number of halogens is 3. The van der Waals surface area contributed by atoms with Gasteiger partial charge >= 0.3 is 12.3 Å². The maximum atomic E-state index is 12.8. The molecule has 0 bridgehead atoms. The molecule has 1 amide bonds. The summed E-state index contributed by atoms with van der Waals surface area (Å²) in [4.78, 5) is 18.0. The largest absolute Gasteiger partial charge is 0.492 e. The van der Waals surface area contributed by atoms with Crippen molar-refractivity contribution in [3.8, 4) is 5.75 Å². The summed E-state index contributed by atoms with van der Waals surface area (Å²) in [6, 6.07) is 0.906. The first-order valence-electron chi connectivity index (χ1n) is 9.81. The van der Waals surface area contributed by atoms with Crippen LogP contribution in [0.25, 0.3) is 0 Å². The van der Waals surface area contributed by atoms with Crippen molar-refractivity contribution >= 4 is 6.09 Å². The molecular weight excluding hydrogens is 385 g/mol. The van der Waals surface area contributed by atoms with E-state index in [9.17, 15) is 18.0 Å². The van der Waals surface area contributed by atoms with Crippen molar-refractivity contribution < 1.29 is 27.4 Å². The third-order valence-electron chi connectivity index (χ3n) is 4.86. The number of hydrogen-bond donors (Lipinski definition) is 0. The van der Waals surface area contributed by atoms with E-state index in [1.165, 1.54) is 6.20 Å². The van der Waals surface area contributed by atoms with Crippen LogP contribution in [0.4, 0.5) is 18.0 Å². The maximum Gasteiger partial charge on any atom is 0.418 e. The predicted octanol–water partition coefficient (Wildman–Crippen LogP) is 5.54. The van der Waals surface area contributed by atoms with Gasteiger partial charge in [0, 0.05) is 18.8 Å². The number of nitrogens with zero attached hydrogens (tertiary/aromatic N) is 2. The normalized spacial score (nSPS) is 21.1. The van der Waals surface area contributed by atoms with Crippen LogP contribution in [0, 0.1) is 11.3 Å². The number of piperidine rings is 1. The standard InChI is InChI=1S/C21H31F3N2O3/c1-19(2,3)17-9-14(7-8-26(17)18(27)29-20(4,5)6)13-28-16-10-15(11-25-12-16)21(22,23)24/h10-12,14,17H,7-9,13H2,1-6H3. The van der Waals surface area contributed by atoms with E-state index < -0.39 is 17.3 Å². The molecule has 1 aliphatic rings. The van der Waals surface area contributed by atoms with Crippen LogP contribution in [-0.2, 0) is 10.9 Å². The number of alkyl halides is 3. The summed E-state index contributed by atoms with van der Waals surface area (Å²) in [5.74, 6) is 0.217. The van der Waals surface area contributed by atoms with Gasteiger partial charge in [-0.2, -0.15) is 13.2 Å². The molecule has 5 nitrogen and oxygen atoms in total. The summed E-state index contributed by atoms with van der Waals surface area (Å²) in [5.41, 5.74) is -1.58. The van der Waals surface area contributed by atoms with Gasteiger partial charge in [0.1, 0.15) is 11.4 Å². The Morgan fingerprint density at radius 2 is 1.83 bits per heavy atom. The summed E-state index contributed by atoms with van der Waals surface area (Å²) in [5, 5.41) is 0. The predicted molar refractivity (Wildman–Crippen MR) is 104 cm³/mol. The smallest absolute Gasteiger partial charge is 0.418 e. The van der Waals surface area contributed by atoms with Gasteiger partial charge in [0.15, 0.2) is 0 Å². The van der Waals surface area contributed by atoms with Crippen molar-refractivity contribution in [1.29, 1.82) is 0 Å². The van der Waals surface area contributed by atoms with Gasteiger partial charge in [-0.05, 0) is 51.0 Å². The van der Waals surface area contributed by atoms with E-state index in [4.69, 9.17) is 9.47 Å². The van der Waals surface area contributed by atoms with Crippen molar-refractivity contribution in [2.45, 2.75) is 72.2 Å². The van der Waals surface area contributed by atoms with Gasteiger partial charge in [-0.25, -0.2) is 4.79 Å². The number of rotatable bonds is 3. The van der Waals surface area contributed by atoms with E-state index in [1.54, 1.807) is 4.90 Å². The first-order valence-corrected chi connectivity index (χ1v) is 9.81. The monoisotopic (exact) mass is 416 g/mol. The Morgan fingerprint density at radius 3 is 2.38 bits per heavy atom. The first-order chi connectivity index (χ1) is 13.2. The number of hydrogen-bond acceptors (Lipinski definition) is 4. The molecule has 0 N–H and O–H groups in total. The van der Waals surface area contributed by atoms with E-state index in [0.29, 0.717) is 19.4 Å². The number of likely N-dealkylation sites (tertiary alicyclic amines) is 1. The Hall–Kier alpha value is -1.99. The van der Waals surface area contributed by atoms with Crippen molar-refractivity contribution in [3.63, 3.8) is 0 Å². The quantitative estimate of drug-likeness (QED) is 0.649. The fraction of sp³-hybridized carbons (Fsp3) is 0.714. The van der Waals surface area contributed by atoms with Crippen molar-refractivity contribution in [1.82, 2.24) is 9.88 Å². The van der Waals surface area contributed by atoms with Gasteiger partial charge in [-0.3, -0.25) is 4.98 Å². The minimum atomic E-state index is -4.46. The van der Waals surface area contributed by atoms with Crippen molar-refractivity contribution in [3.05, 3.63) is 24.0 Å². The van der Waals surface area contributed by atoms with Gasteiger partial charge in [-0.15, -0.1) is 0 Å². The van der Waals surface area contributed by atoms with Crippen LogP contribution in [0.1, 0.15) is 59.9 Å². The molecule has 1 aromatic heterocycles. The fourth-order valence-corrected chi connectivity index (χ4v) is 3.42. The molecule has 2 heterocycles. The highest BCUT2D eigenvalue weighted by Gasteiger charge is 2.40. The molecule has 29 heavy (non-hydrogen) atoms. The SMILES string of the molecule is CC(C)(C)OC(=O)N1CCC(COc2cncc(C(F)(F)F)c2)CC1C(C)(C)C. The first kappa shape index (κ1) is 23.3. The molecule has 164 valence electrons. The lowest BCUT2D eigenvalue weighted by atomic mass is 9.77. The van der Waals surface area contributed by atoms with E-state index in [2.05, 4.69) is 25.8 Å². The molecule has 2 atom stereocenters. The average Bonchev–Trinajstić information content (AvgIpc) is 2.57. The number of ether oxygens (including phenoxy) is 2. The number of carbonyl (C=O) groups is 1. The zero-order chi connectivity index (χ0) is 22.0. The topological polar surface area (TPSA) is 51.7 Å². The highest BCUT2D eigenvalue weighted by atomic mass is 19.4. The molecule has 1 aromatic rings. The van der Waals surface area contributed by atoms with Crippen LogP contribution in [0.2, 0.25) is 0 Å². The highest BCUT2D eigenvalue weighted by molar-refractivity contribution is 5.68. The Labute approximate surface area is 170 Å². The van der Waals surface area contributed by atoms with Crippen LogP contribution >= 0.6 is 0 Å². The van der Waals surface area contributed by atoms with Crippen molar-refractivity contribution in [2.24, 2.45) is 11.3 Å². The van der Waals surface area contributed by atoms with E-state index in [0.717, 1.165) is 12.3 Å². The number of carbonyl (C=O) groups excluding carboxylic acids is 1. The Bertz CT molecular complexity index is 708. The van der Waals surface area contributed by atoms with E-state index in [1.807, 2.05) is 20.8 Å². The molecule has 8 heteroatoms. The fourth-order valence-electron chi connectivity index (χ4n) is 3.42. The van der Waals surface area contributed by atoms with Gasteiger partial charge in [0.05, 0.1) is 18.4 Å². The summed E-state index contributed by atoms with van der Waals surface area (Å²) in [6.45, 7) is 12.5. The van der Waals surface area contributed by atoms with E-state index in [-0.39, 0.29) is 35.8 Å². The zero-order valence-corrected chi connectivity index (χ0v) is 18.0. The highest BCUT2D eigenvalue weighted by Crippen LogP contribution is 2.36. The second-order valence-electron chi connectivity index (χ2n) is 9.66. The van der Waals surface area contributed by atoms with Gasteiger partial charge in [0.2, 0.25) is 0 Å². The van der Waals surface area contributed by atoms with Gasteiger partial charge in [-0.1, -0.05) is 20.8 Å². The average molecular weight is 416 g/mol. The minimum Gasteiger partial charge on any atom is -0.492 e. The number of aromatic nitrogens is 1. The van der Waals surface area contributed by atoms with E-state index >= 15 is 0 Å². The molecule has 0 spiro atoms. The molecular formula is C21H31F3N2O3. The van der Waals surface area contributed by atoms with Gasteiger partial charge in [0.25, 0.3) is 0 Å². The molecule has 0 aromatic carbocycles. The Morgan fingerprint density at radius 1 is 1.17 bits per heavy atom. The lowest BCUT2D eigenvalue weighted by Crippen LogP contribution is -2.53. The molecule has 0 aliphatic carbocycles. The molecule has 1 saturated heterocycles. The van der Waals surface area contributed by atoms with Crippen molar-refractivity contribution in [2.75, 3.05) is 13.2 Å². The Balaban J connectivity index is 2.04. The summed E-state index contributed by atoms with van der Waals surface area (Å²) < 4.78 is 49.7. The minimum absolute atomic E-state index is 0.0562. The molecule has 1 aliphatic heterocycles. The zero-order valence-electron chi connectivity index (χ0n) is 18.0. The molecule has 2 rings (SSSR count). The number of pyridine rings is 1. The van der Waals surface area contributed by atoms with Crippen LogP contribution in [0.5, 0.6) is 5.75 Å². The van der Waals surface area contributed by atoms with Crippen LogP contribution in [0.3, 0.4) is 0 Å². The maximum absolute atomic E-state index is 12.8. The van der Waals surface area contributed by atoms with Crippen LogP contribution in [0.15, 0.2) is 18.5 Å². The lowest BCUT2D eigenvalue weighted by Gasteiger charge is -2.45. The molecule has 2 unspecified atom stereocenters. The third kappa shape index (κ3) is 6.78. The summed E-state index contributed by atoms with van der Waals surface area (Å²) >= 11 is 0.